The van der Waals surface area contributed by atoms with Crippen LogP contribution in [-0.2, 0) is 6.42 Å². The highest BCUT2D eigenvalue weighted by molar-refractivity contribution is 7.80. The number of hydrogen-bond donors (Lipinski definition) is 2. The third kappa shape index (κ3) is 2.13. The highest BCUT2D eigenvalue weighted by Crippen LogP contribution is 2.05. The largest absolute Gasteiger partial charge is 0.393 e. The number of aryl methyl sites for hydroxylation is 1. The van der Waals surface area contributed by atoms with Crippen LogP contribution in [0.25, 0.3) is 0 Å². The first kappa shape index (κ1) is 8.86. The number of anilines is 1. The van der Waals surface area contributed by atoms with E-state index in [2.05, 4.69) is 9.97 Å². The summed E-state index contributed by atoms with van der Waals surface area (Å²) in [6, 6.07) is 0. The molecule has 4 nitrogen and oxygen atoms in total. The van der Waals surface area contributed by atoms with Crippen molar-refractivity contribution in [1.82, 2.24) is 9.97 Å². The van der Waals surface area contributed by atoms with E-state index in [0.29, 0.717) is 11.4 Å². The van der Waals surface area contributed by atoms with Crippen LogP contribution in [0, 0.1) is 6.92 Å². The second kappa shape index (κ2) is 3.44. The van der Waals surface area contributed by atoms with Gasteiger partial charge in [-0.15, -0.1) is 0 Å². The number of nitrogens with two attached hydrogens (primary N) is 2. The van der Waals surface area contributed by atoms with E-state index in [1.165, 1.54) is 0 Å². The van der Waals surface area contributed by atoms with Gasteiger partial charge in [0.25, 0.3) is 0 Å². The zero-order chi connectivity index (χ0) is 9.14. The van der Waals surface area contributed by atoms with Gasteiger partial charge in [-0.2, -0.15) is 0 Å². The summed E-state index contributed by atoms with van der Waals surface area (Å²) in [6.45, 7) is 1.85. The van der Waals surface area contributed by atoms with Crippen LogP contribution in [0.5, 0.6) is 0 Å². The Morgan fingerprint density at radius 2 is 2.33 bits per heavy atom. The predicted octanol–water partition coefficient (Wildman–Crippen LogP) is 0.196. The lowest BCUT2D eigenvalue weighted by atomic mass is 10.2. The average Bonchev–Trinajstić information content (AvgIpc) is 1.94. The van der Waals surface area contributed by atoms with Crippen LogP contribution in [0.2, 0.25) is 0 Å². The Labute approximate surface area is 76.0 Å². The van der Waals surface area contributed by atoms with Gasteiger partial charge in [0.05, 0.1) is 4.99 Å². The summed E-state index contributed by atoms with van der Waals surface area (Å²) in [6.07, 6.45) is 2.18. The molecule has 0 fully saturated rings. The Bertz CT molecular complexity index is 310. The lowest BCUT2D eigenvalue weighted by molar-refractivity contribution is 1.06. The summed E-state index contributed by atoms with van der Waals surface area (Å²) in [4.78, 5) is 8.26. The molecule has 1 heterocycles. The zero-order valence-corrected chi connectivity index (χ0v) is 7.56. The maximum atomic E-state index is 5.38. The topological polar surface area (TPSA) is 77.8 Å². The number of thiocarbonyl (C=S) groups is 1. The average molecular weight is 182 g/mol. The van der Waals surface area contributed by atoms with Crippen LogP contribution >= 0.6 is 12.2 Å². The molecule has 0 radical (unpaired) electrons. The SMILES string of the molecule is Cc1nc(N)ncc1CC(N)=S. The van der Waals surface area contributed by atoms with Crippen molar-refractivity contribution >= 4 is 23.2 Å². The Morgan fingerprint density at radius 3 is 2.83 bits per heavy atom. The number of hydrogen-bond acceptors (Lipinski definition) is 4. The molecule has 0 aliphatic rings. The molecule has 64 valence electrons. The van der Waals surface area contributed by atoms with Gasteiger partial charge in [0.2, 0.25) is 5.95 Å². The van der Waals surface area contributed by atoms with Crippen molar-refractivity contribution in [2.75, 3.05) is 5.73 Å². The Hall–Kier alpha value is -1.23. The quantitative estimate of drug-likeness (QED) is 0.639. The van der Waals surface area contributed by atoms with Crippen molar-refractivity contribution in [3.05, 3.63) is 17.5 Å². The van der Waals surface area contributed by atoms with Crippen molar-refractivity contribution in [3.8, 4) is 0 Å². The van der Waals surface area contributed by atoms with Crippen molar-refractivity contribution in [1.29, 1.82) is 0 Å². The van der Waals surface area contributed by atoms with E-state index in [1.807, 2.05) is 6.92 Å². The smallest absolute Gasteiger partial charge is 0.220 e. The lowest BCUT2D eigenvalue weighted by Gasteiger charge is -2.02. The number of rotatable bonds is 2. The molecule has 0 saturated heterocycles. The first-order valence-corrected chi connectivity index (χ1v) is 3.86. The van der Waals surface area contributed by atoms with E-state index in [0.717, 1.165) is 11.3 Å². The molecule has 1 aromatic rings. The minimum atomic E-state index is 0.277. The van der Waals surface area contributed by atoms with Crippen LogP contribution in [0.15, 0.2) is 6.20 Å². The molecule has 4 N–H and O–H groups in total. The molecule has 12 heavy (non-hydrogen) atoms. The van der Waals surface area contributed by atoms with Crippen molar-refractivity contribution in [2.24, 2.45) is 5.73 Å². The summed E-state index contributed by atoms with van der Waals surface area (Å²) in [5, 5.41) is 0. The van der Waals surface area contributed by atoms with Crippen LogP contribution in [0.3, 0.4) is 0 Å². The second-order valence-corrected chi connectivity index (χ2v) is 3.01. The van der Waals surface area contributed by atoms with E-state index >= 15 is 0 Å². The first-order valence-electron chi connectivity index (χ1n) is 3.46. The number of nitrogen functional groups attached to an aromatic ring is 1. The van der Waals surface area contributed by atoms with Crippen LogP contribution in [-0.4, -0.2) is 15.0 Å². The van der Waals surface area contributed by atoms with Gasteiger partial charge < -0.3 is 11.5 Å². The van der Waals surface area contributed by atoms with Gasteiger partial charge in [-0.05, 0) is 12.5 Å². The molecule has 0 aliphatic heterocycles. The summed E-state index contributed by atoms with van der Waals surface area (Å²) in [5.41, 5.74) is 12.5. The fraction of sp³-hybridized carbons (Fsp3) is 0.286. The molecule has 0 aromatic carbocycles. The van der Waals surface area contributed by atoms with Gasteiger partial charge in [-0.3, -0.25) is 0 Å². The van der Waals surface area contributed by atoms with Crippen LogP contribution in [0.4, 0.5) is 5.95 Å². The van der Waals surface area contributed by atoms with Gasteiger partial charge in [-0.25, -0.2) is 9.97 Å². The highest BCUT2D eigenvalue weighted by atomic mass is 32.1. The molecule has 0 atom stereocenters. The fourth-order valence-corrected chi connectivity index (χ4v) is 1.03. The lowest BCUT2D eigenvalue weighted by Crippen LogP contribution is -2.13. The molecule has 1 aromatic heterocycles. The van der Waals surface area contributed by atoms with E-state index in [-0.39, 0.29) is 5.95 Å². The van der Waals surface area contributed by atoms with E-state index in [9.17, 15) is 0 Å². The van der Waals surface area contributed by atoms with Crippen molar-refractivity contribution in [3.63, 3.8) is 0 Å². The maximum Gasteiger partial charge on any atom is 0.220 e. The molecule has 5 heteroatoms. The maximum absolute atomic E-state index is 5.38. The first-order chi connectivity index (χ1) is 5.59. The Balaban J connectivity index is 2.93. The summed E-state index contributed by atoms with van der Waals surface area (Å²) < 4.78 is 0. The van der Waals surface area contributed by atoms with Crippen LogP contribution in [0.1, 0.15) is 11.3 Å². The van der Waals surface area contributed by atoms with Gasteiger partial charge in [0.1, 0.15) is 0 Å². The summed E-state index contributed by atoms with van der Waals surface area (Å²) in [5.74, 6) is 0.277. The minimum absolute atomic E-state index is 0.277. The third-order valence-corrected chi connectivity index (χ3v) is 1.61. The fourth-order valence-electron chi connectivity index (χ4n) is 0.871. The molecule has 0 spiro atoms. The van der Waals surface area contributed by atoms with E-state index in [1.54, 1.807) is 6.20 Å². The Kier molecular flexibility index (Phi) is 2.54. The van der Waals surface area contributed by atoms with Crippen LogP contribution < -0.4 is 11.5 Å². The molecule has 0 amide bonds. The van der Waals surface area contributed by atoms with Gasteiger partial charge >= 0.3 is 0 Å². The zero-order valence-electron chi connectivity index (χ0n) is 6.74. The number of nitrogens with zero attached hydrogens (tertiary/aromatic N) is 2. The normalized spacial score (nSPS) is 9.75. The molecule has 0 aliphatic carbocycles. The minimum Gasteiger partial charge on any atom is -0.393 e. The second-order valence-electron chi connectivity index (χ2n) is 2.48. The van der Waals surface area contributed by atoms with Gasteiger partial charge in [0.15, 0.2) is 0 Å². The molecule has 1 rings (SSSR count). The van der Waals surface area contributed by atoms with Crippen molar-refractivity contribution < 1.29 is 0 Å². The summed E-state index contributed by atoms with van der Waals surface area (Å²) >= 11 is 4.76. The monoisotopic (exact) mass is 182 g/mol. The van der Waals surface area contributed by atoms with Gasteiger partial charge in [-0.1, -0.05) is 12.2 Å². The van der Waals surface area contributed by atoms with Crippen molar-refractivity contribution in [2.45, 2.75) is 13.3 Å². The standard InChI is InChI=1S/C7H10N4S/c1-4-5(2-6(8)12)3-10-7(9)11-4/h3H,2H2,1H3,(H2,8,12)(H2,9,10,11). The summed E-state index contributed by atoms with van der Waals surface area (Å²) in [7, 11) is 0. The predicted molar refractivity (Wildman–Crippen MR) is 51.7 cm³/mol. The third-order valence-electron chi connectivity index (χ3n) is 1.46. The molecule has 0 unspecified atom stereocenters. The molecular formula is C7H10N4S. The Morgan fingerprint density at radius 1 is 1.67 bits per heavy atom. The van der Waals surface area contributed by atoms with E-state index in [4.69, 9.17) is 23.7 Å². The van der Waals surface area contributed by atoms with E-state index < -0.39 is 0 Å². The highest BCUT2D eigenvalue weighted by Gasteiger charge is 2.01. The molecule has 0 saturated carbocycles. The molecule has 0 bridgehead atoms. The molecular weight excluding hydrogens is 172 g/mol. The number of aromatic nitrogens is 2. The van der Waals surface area contributed by atoms with Gasteiger partial charge in [0, 0.05) is 18.3 Å².